The molecule has 2 aliphatic rings. The minimum Gasteiger partial charge on any atom is -0.208 e. The first kappa shape index (κ1) is 31.1. The molecule has 9 aromatic rings. The van der Waals surface area contributed by atoms with Crippen LogP contribution in [0.1, 0.15) is 27.8 Å². The number of aromatic nitrogens is 3. The Morgan fingerprint density at radius 1 is 0.364 bits per heavy atom. The van der Waals surface area contributed by atoms with Gasteiger partial charge in [-0.15, -0.1) is 0 Å². The summed E-state index contributed by atoms with van der Waals surface area (Å²) < 4.78 is 0. The van der Waals surface area contributed by atoms with E-state index >= 15 is 0 Å². The summed E-state index contributed by atoms with van der Waals surface area (Å²) in [6, 6.07) is 66.2. The summed E-state index contributed by atoms with van der Waals surface area (Å²) >= 11 is 0. The SMILES string of the molecule is N#Cc1ccc(-c2ccc3c(c2)C2(c4ccccc4-3)c3ccccc3-c3c2cc(-c2nc(-c4ccccc4)nc(-c4ccccc4)n2)c2ccccc32)cc1. The highest BCUT2D eigenvalue weighted by atomic mass is 15.0. The highest BCUT2D eigenvalue weighted by molar-refractivity contribution is 6.11. The van der Waals surface area contributed by atoms with Gasteiger partial charge in [-0.05, 0) is 90.7 Å². The maximum absolute atomic E-state index is 9.52. The molecule has 0 saturated carbocycles. The second kappa shape index (κ2) is 12.0. The van der Waals surface area contributed by atoms with Crippen LogP contribution in [0, 0.1) is 11.3 Å². The Hall–Kier alpha value is -7.48. The zero-order valence-corrected chi connectivity index (χ0v) is 29.6. The second-order valence-corrected chi connectivity index (χ2v) is 14.2. The molecule has 1 spiro atoms. The van der Waals surface area contributed by atoms with Gasteiger partial charge in [-0.2, -0.15) is 5.26 Å². The van der Waals surface area contributed by atoms with Crippen molar-refractivity contribution in [3.05, 3.63) is 210 Å². The number of hydrogen-bond acceptors (Lipinski definition) is 4. The zero-order chi connectivity index (χ0) is 36.5. The van der Waals surface area contributed by atoms with Gasteiger partial charge in [-0.25, -0.2) is 15.0 Å². The van der Waals surface area contributed by atoms with E-state index in [4.69, 9.17) is 15.0 Å². The largest absolute Gasteiger partial charge is 0.208 e. The monoisotopic (exact) mass is 698 g/mol. The van der Waals surface area contributed by atoms with E-state index in [-0.39, 0.29) is 0 Å². The fourth-order valence-electron chi connectivity index (χ4n) is 9.03. The third-order valence-corrected chi connectivity index (χ3v) is 11.4. The molecule has 2 aliphatic carbocycles. The standard InChI is InChI=1S/C51H30N4/c52-31-32-23-25-33(26-24-32)36-27-28-39-38-18-9-11-21-43(38)51(45(39)29-36)44-22-12-10-20-41(44)47-40-19-8-7-17-37(40)42(30-46(47)51)50-54-48(34-13-3-1-4-14-34)53-49(55-50)35-15-5-2-6-16-35/h1-30H. The van der Waals surface area contributed by atoms with Crippen molar-refractivity contribution >= 4 is 10.8 Å². The van der Waals surface area contributed by atoms with Gasteiger partial charge in [0, 0.05) is 16.7 Å². The Balaban J connectivity index is 1.24. The van der Waals surface area contributed by atoms with Crippen molar-refractivity contribution in [3.63, 3.8) is 0 Å². The van der Waals surface area contributed by atoms with E-state index in [1.54, 1.807) is 0 Å². The molecular formula is C51H30N4. The van der Waals surface area contributed by atoms with Crippen LogP contribution in [0.2, 0.25) is 0 Å². The Morgan fingerprint density at radius 2 is 0.891 bits per heavy atom. The van der Waals surface area contributed by atoms with Gasteiger partial charge in [0.15, 0.2) is 17.5 Å². The number of nitriles is 1. The third-order valence-electron chi connectivity index (χ3n) is 11.4. The minimum atomic E-state index is -0.600. The van der Waals surface area contributed by atoms with Gasteiger partial charge in [0.25, 0.3) is 0 Å². The van der Waals surface area contributed by atoms with Crippen molar-refractivity contribution in [3.8, 4) is 73.6 Å². The molecule has 4 nitrogen and oxygen atoms in total. The molecule has 0 fully saturated rings. The maximum Gasteiger partial charge on any atom is 0.164 e. The lowest BCUT2D eigenvalue weighted by Crippen LogP contribution is -2.26. The molecule has 4 heteroatoms. The van der Waals surface area contributed by atoms with Gasteiger partial charge in [0.05, 0.1) is 17.0 Å². The van der Waals surface area contributed by atoms with Crippen LogP contribution in [0.15, 0.2) is 182 Å². The smallest absolute Gasteiger partial charge is 0.164 e. The van der Waals surface area contributed by atoms with Gasteiger partial charge in [-0.3, -0.25) is 0 Å². The van der Waals surface area contributed by atoms with E-state index in [1.165, 1.54) is 44.5 Å². The molecule has 1 heterocycles. The van der Waals surface area contributed by atoms with E-state index < -0.39 is 5.41 Å². The first-order valence-corrected chi connectivity index (χ1v) is 18.5. The number of rotatable bonds is 4. The van der Waals surface area contributed by atoms with Gasteiger partial charge >= 0.3 is 0 Å². The summed E-state index contributed by atoms with van der Waals surface area (Å²) in [6.07, 6.45) is 0. The predicted octanol–water partition coefficient (Wildman–Crippen LogP) is 11.9. The summed E-state index contributed by atoms with van der Waals surface area (Å²) in [7, 11) is 0. The zero-order valence-electron chi connectivity index (χ0n) is 29.6. The Bertz CT molecular complexity index is 2980. The minimum absolute atomic E-state index is 0.600. The highest BCUT2D eigenvalue weighted by Gasteiger charge is 2.52. The molecule has 0 saturated heterocycles. The molecule has 0 N–H and O–H groups in total. The van der Waals surface area contributed by atoms with Gasteiger partial charge in [0.1, 0.15) is 0 Å². The summed E-state index contributed by atoms with van der Waals surface area (Å²) in [5.74, 6) is 1.90. The van der Waals surface area contributed by atoms with Gasteiger partial charge < -0.3 is 0 Å². The van der Waals surface area contributed by atoms with E-state index in [2.05, 4.69) is 127 Å². The number of benzene rings is 8. The lowest BCUT2D eigenvalue weighted by atomic mass is 9.69. The van der Waals surface area contributed by atoms with E-state index in [0.29, 0.717) is 23.0 Å². The van der Waals surface area contributed by atoms with Crippen LogP contribution in [0.5, 0.6) is 0 Å². The molecule has 0 amide bonds. The van der Waals surface area contributed by atoms with Crippen molar-refractivity contribution in [2.45, 2.75) is 5.41 Å². The van der Waals surface area contributed by atoms with Crippen molar-refractivity contribution in [1.82, 2.24) is 15.0 Å². The van der Waals surface area contributed by atoms with Crippen LogP contribution < -0.4 is 0 Å². The molecule has 8 aromatic carbocycles. The molecule has 0 bridgehead atoms. The van der Waals surface area contributed by atoms with Crippen LogP contribution in [-0.4, -0.2) is 15.0 Å². The Kier molecular flexibility index (Phi) is 6.80. The normalized spacial score (nSPS) is 14.6. The molecule has 0 radical (unpaired) electrons. The fraction of sp³-hybridized carbons (Fsp3) is 0.0196. The van der Waals surface area contributed by atoms with E-state index in [0.717, 1.165) is 38.6 Å². The van der Waals surface area contributed by atoms with Crippen molar-refractivity contribution < 1.29 is 0 Å². The van der Waals surface area contributed by atoms with Gasteiger partial charge in [0.2, 0.25) is 0 Å². The molecule has 1 atom stereocenters. The second-order valence-electron chi connectivity index (χ2n) is 14.2. The molecule has 55 heavy (non-hydrogen) atoms. The lowest BCUT2D eigenvalue weighted by molar-refractivity contribution is 0.795. The summed E-state index contributed by atoms with van der Waals surface area (Å²) in [4.78, 5) is 15.5. The van der Waals surface area contributed by atoms with Crippen LogP contribution >= 0.6 is 0 Å². The first-order chi connectivity index (χ1) is 27.2. The van der Waals surface area contributed by atoms with Crippen molar-refractivity contribution in [2.75, 3.05) is 0 Å². The van der Waals surface area contributed by atoms with Crippen molar-refractivity contribution in [1.29, 1.82) is 5.26 Å². The fourth-order valence-corrected chi connectivity index (χ4v) is 9.03. The Morgan fingerprint density at radius 3 is 1.56 bits per heavy atom. The molecule has 1 unspecified atom stereocenters. The van der Waals surface area contributed by atoms with Crippen LogP contribution in [0.3, 0.4) is 0 Å². The number of fused-ring (bicyclic) bond motifs is 12. The Labute approximate surface area is 318 Å². The average molecular weight is 699 g/mol. The van der Waals surface area contributed by atoms with Gasteiger partial charge in [-0.1, -0.05) is 158 Å². The quantitative estimate of drug-likeness (QED) is 0.184. The predicted molar refractivity (Wildman–Crippen MR) is 220 cm³/mol. The topological polar surface area (TPSA) is 62.5 Å². The summed E-state index contributed by atoms with van der Waals surface area (Å²) in [5, 5.41) is 11.8. The highest BCUT2D eigenvalue weighted by Crippen LogP contribution is 2.64. The molecule has 1 aromatic heterocycles. The summed E-state index contributed by atoms with van der Waals surface area (Å²) in [6.45, 7) is 0. The maximum atomic E-state index is 9.52. The van der Waals surface area contributed by atoms with Crippen molar-refractivity contribution in [2.24, 2.45) is 0 Å². The van der Waals surface area contributed by atoms with Crippen LogP contribution in [-0.2, 0) is 5.41 Å². The number of nitrogens with zero attached hydrogens (tertiary/aromatic N) is 4. The summed E-state index contributed by atoms with van der Waals surface area (Å²) in [5.41, 5.74) is 15.0. The molecule has 254 valence electrons. The number of hydrogen-bond donors (Lipinski definition) is 0. The average Bonchev–Trinajstić information content (AvgIpc) is 3.73. The molecule has 0 aliphatic heterocycles. The molecular weight excluding hydrogens is 669 g/mol. The molecule has 11 rings (SSSR count). The van der Waals surface area contributed by atoms with Crippen LogP contribution in [0.4, 0.5) is 0 Å². The first-order valence-electron chi connectivity index (χ1n) is 18.5. The van der Waals surface area contributed by atoms with E-state index in [9.17, 15) is 5.26 Å². The third kappa shape index (κ3) is 4.54. The van der Waals surface area contributed by atoms with Crippen LogP contribution in [0.25, 0.3) is 78.3 Å². The lowest BCUT2D eigenvalue weighted by Gasteiger charge is -2.31. The van der Waals surface area contributed by atoms with E-state index in [1.807, 2.05) is 60.7 Å².